The van der Waals surface area contributed by atoms with Gasteiger partial charge in [0.05, 0.1) is 23.9 Å². The third kappa shape index (κ3) is 2.75. The first-order valence-electron chi connectivity index (χ1n) is 7.32. The van der Waals surface area contributed by atoms with E-state index in [0.29, 0.717) is 12.3 Å². The van der Waals surface area contributed by atoms with E-state index in [2.05, 4.69) is 15.1 Å². The fourth-order valence-corrected chi connectivity index (χ4v) is 5.49. The van der Waals surface area contributed by atoms with Gasteiger partial charge in [-0.15, -0.1) is 0 Å². The van der Waals surface area contributed by atoms with Crippen LogP contribution in [0.5, 0.6) is 0 Å². The van der Waals surface area contributed by atoms with Crippen molar-refractivity contribution < 1.29 is 17.9 Å². The average molecular weight is 363 g/mol. The summed E-state index contributed by atoms with van der Waals surface area (Å²) in [7, 11) is -2.26. The molecule has 0 aromatic carbocycles. The standard InChI is InChI=1S/C13H19ClN4O4S/c1-6-12(13(14)18(3)16-6)23(20,21)17-9-8-4-5-22-11(8)10(9)15-7(2)19/h8-11,17H,4-5H2,1-3H3,(H,15,19)/t8-,9+,10-,11-/m1/s1. The normalized spacial score (nSPS) is 29.9. The van der Waals surface area contributed by atoms with Gasteiger partial charge in [0.2, 0.25) is 15.9 Å². The summed E-state index contributed by atoms with van der Waals surface area (Å²) >= 11 is 6.06. The van der Waals surface area contributed by atoms with E-state index in [0.717, 1.165) is 6.42 Å². The molecular formula is C13H19ClN4O4S. The zero-order valence-electron chi connectivity index (χ0n) is 13.0. The summed E-state index contributed by atoms with van der Waals surface area (Å²) < 4.78 is 35.0. The second-order valence-electron chi connectivity index (χ2n) is 5.99. The monoisotopic (exact) mass is 362 g/mol. The first kappa shape index (κ1) is 16.7. The van der Waals surface area contributed by atoms with Crippen LogP contribution in [0, 0.1) is 12.8 Å². The number of aryl methyl sites for hydroxylation is 2. The number of amides is 1. The van der Waals surface area contributed by atoms with E-state index >= 15 is 0 Å². The Morgan fingerprint density at radius 1 is 1.43 bits per heavy atom. The molecule has 0 radical (unpaired) electrons. The summed E-state index contributed by atoms with van der Waals surface area (Å²) in [6, 6.07) is -0.780. The van der Waals surface area contributed by atoms with Gasteiger partial charge in [0.1, 0.15) is 10.0 Å². The number of nitrogens with one attached hydrogen (secondary N) is 2. The Kier molecular flexibility index (Phi) is 4.16. The minimum absolute atomic E-state index is 0.0226. The predicted molar refractivity (Wildman–Crippen MR) is 82.5 cm³/mol. The summed E-state index contributed by atoms with van der Waals surface area (Å²) in [5, 5.41) is 6.86. The molecule has 128 valence electrons. The van der Waals surface area contributed by atoms with Gasteiger partial charge in [-0.3, -0.25) is 9.48 Å². The molecular weight excluding hydrogens is 344 g/mol. The third-order valence-electron chi connectivity index (χ3n) is 4.42. The molecule has 4 atom stereocenters. The number of ether oxygens (including phenoxy) is 1. The molecule has 2 fully saturated rings. The maximum absolute atomic E-state index is 12.7. The van der Waals surface area contributed by atoms with E-state index in [1.807, 2.05) is 0 Å². The fourth-order valence-electron chi connectivity index (χ4n) is 3.43. The molecule has 8 nitrogen and oxygen atoms in total. The minimum atomic E-state index is -3.84. The number of fused-ring (bicyclic) bond motifs is 1. The van der Waals surface area contributed by atoms with Gasteiger partial charge in [0.15, 0.2) is 0 Å². The van der Waals surface area contributed by atoms with Gasteiger partial charge in [-0.25, -0.2) is 13.1 Å². The molecule has 0 spiro atoms. The van der Waals surface area contributed by atoms with E-state index < -0.39 is 16.1 Å². The lowest BCUT2D eigenvalue weighted by Crippen LogP contribution is -2.70. The Hall–Kier alpha value is -1.16. The van der Waals surface area contributed by atoms with Gasteiger partial charge in [-0.1, -0.05) is 11.6 Å². The summed E-state index contributed by atoms with van der Waals surface area (Å²) in [5.74, 6) is -0.166. The lowest BCUT2D eigenvalue weighted by Gasteiger charge is -2.47. The van der Waals surface area contributed by atoms with Crippen molar-refractivity contribution >= 4 is 27.5 Å². The van der Waals surface area contributed by atoms with Crippen molar-refractivity contribution in [1.29, 1.82) is 0 Å². The smallest absolute Gasteiger partial charge is 0.245 e. The molecule has 1 amide bonds. The van der Waals surface area contributed by atoms with Crippen molar-refractivity contribution in [2.75, 3.05) is 6.61 Å². The molecule has 3 rings (SSSR count). The quantitative estimate of drug-likeness (QED) is 0.782. The van der Waals surface area contributed by atoms with Crippen molar-refractivity contribution in [1.82, 2.24) is 19.8 Å². The van der Waals surface area contributed by atoms with Gasteiger partial charge in [-0.2, -0.15) is 5.10 Å². The van der Waals surface area contributed by atoms with Gasteiger partial charge >= 0.3 is 0 Å². The van der Waals surface area contributed by atoms with E-state index in [9.17, 15) is 13.2 Å². The van der Waals surface area contributed by atoms with Crippen LogP contribution in [0.4, 0.5) is 0 Å². The average Bonchev–Trinajstić information content (AvgIpc) is 2.96. The van der Waals surface area contributed by atoms with Crippen molar-refractivity contribution in [3.63, 3.8) is 0 Å². The van der Waals surface area contributed by atoms with Gasteiger partial charge in [0.25, 0.3) is 0 Å². The molecule has 0 unspecified atom stereocenters. The molecule has 1 aliphatic heterocycles. The molecule has 2 N–H and O–H groups in total. The lowest BCUT2D eigenvalue weighted by atomic mass is 9.72. The van der Waals surface area contributed by atoms with Crippen molar-refractivity contribution in [3.05, 3.63) is 10.8 Å². The molecule has 1 aliphatic carbocycles. The van der Waals surface area contributed by atoms with Crippen LogP contribution in [-0.4, -0.2) is 48.9 Å². The minimum Gasteiger partial charge on any atom is -0.376 e. The Bertz CT molecular complexity index is 747. The van der Waals surface area contributed by atoms with Gasteiger partial charge in [-0.05, 0) is 13.3 Å². The van der Waals surface area contributed by atoms with Crippen LogP contribution in [0.15, 0.2) is 4.90 Å². The van der Waals surface area contributed by atoms with E-state index in [4.69, 9.17) is 16.3 Å². The maximum atomic E-state index is 12.7. The predicted octanol–water partition coefficient (Wildman–Crippen LogP) is -0.0478. The maximum Gasteiger partial charge on any atom is 0.245 e. The largest absolute Gasteiger partial charge is 0.376 e. The van der Waals surface area contributed by atoms with Crippen molar-refractivity contribution in [3.8, 4) is 0 Å². The Labute approximate surface area is 139 Å². The Morgan fingerprint density at radius 2 is 2.13 bits per heavy atom. The number of carbonyl (C=O) groups excluding carboxylic acids is 1. The molecule has 1 saturated heterocycles. The first-order valence-corrected chi connectivity index (χ1v) is 9.18. The highest BCUT2D eigenvalue weighted by Crippen LogP contribution is 2.40. The van der Waals surface area contributed by atoms with Crippen LogP contribution in [0.2, 0.25) is 5.15 Å². The zero-order chi connectivity index (χ0) is 16.9. The van der Waals surface area contributed by atoms with E-state index in [-0.39, 0.29) is 34.0 Å². The fraction of sp³-hybridized carbons (Fsp3) is 0.692. The number of aromatic nitrogens is 2. The number of nitrogens with zero attached hydrogens (tertiary/aromatic N) is 2. The molecule has 2 aliphatic rings. The second kappa shape index (κ2) is 5.73. The molecule has 1 saturated carbocycles. The number of hydrogen-bond donors (Lipinski definition) is 2. The number of sulfonamides is 1. The lowest BCUT2D eigenvalue weighted by molar-refractivity contribution is -0.123. The van der Waals surface area contributed by atoms with Crippen molar-refractivity contribution in [2.45, 2.75) is 43.4 Å². The van der Waals surface area contributed by atoms with Crippen LogP contribution >= 0.6 is 11.6 Å². The van der Waals surface area contributed by atoms with Gasteiger partial charge < -0.3 is 10.1 Å². The molecule has 10 heteroatoms. The van der Waals surface area contributed by atoms with E-state index in [1.54, 1.807) is 14.0 Å². The number of rotatable bonds is 4. The summed E-state index contributed by atoms with van der Waals surface area (Å²) in [4.78, 5) is 11.3. The highest BCUT2D eigenvalue weighted by atomic mass is 35.5. The Balaban J connectivity index is 1.86. The number of carbonyl (C=O) groups is 1. The zero-order valence-corrected chi connectivity index (χ0v) is 14.6. The highest BCUT2D eigenvalue weighted by Gasteiger charge is 2.55. The molecule has 2 heterocycles. The molecule has 0 bridgehead atoms. The van der Waals surface area contributed by atoms with Crippen LogP contribution in [0.25, 0.3) is 0 Å². The summed E-state index contributed by atoms with van der Waals surface area (Å²) in [6.07, 6.45) is 0.616. The van der Waals surface area contributed by atoms with Crippen LogP contribution in [0.1, 0.15) is 19.0 Å². The number of halogens is 1. The van der Waals surface area contributed by atoms with Crippen LogP contribution in [-0.2, 0) is 26.6 Å². The van der Waals surface area contributed by atoms with Gasteiger partial charge in [0, 0.05) is 26.5 Å². The van der Waals surface area contributed by atoms with E-state index in [1.165, 1.54) is 11.6 Å². The third-order valence-corrected chi connectivity index (χ3v) is 6.57. The first-order chi connectivity index (χ1) is 10.7. The van der Waals surface area contributed by atoms with Crippen molar-refractivity contribution in [2.24, 2.45) is 13.0 Å². The Morgan fingerprint density at radius 3 is 2.70 bits per heavy atom. The molecule has 23 heavy (non-hydrogen) atoms. The SMILES string of the molecule is CC(=O)N[C@@H]1[C@@H](NS(=O)(=O)c2c(C)nn(C)c2Cl)[C@H]2CCO[C@H]21. The molecule has 1 aromatic rings. The second-order valence-corrected chi connectivity index (χ2v) is 8.00. The molecule has 1 aromatic heterocycles. The summed E-state index contributed by atoms with van der Waals surface area (Å²) in [6.45, 7) is 3.56. The van der Waals surface area contributed by atoms with Crippen LogP contribution in [0.3, 0.4) is 0 Å². The topological polar surface area (TPSA) is 102 Å². The summed E-state index contributed by atoms with van der Waals surface area (Å²) in [5.41, 5.74) is 0.333. The van der Waals surface area contributed by atoms with Crippen LogP contribution < -0.4 is 10.0 Å². The highest BCUT2D eigenvalue weighted by molar-refractivity contribution is 7.89. The number of hydrogen-bond acceptors (Lipinski definition) is 5.